The molecule has 3 rings (SSSR count). The number of hydrogen-bond donors (Lipinski definition) is 1. The number of piperidine rings is 1. The lowest BCUT2D eigenvalue weighted by molar-refractivity contribution is -0.108. The molecule has 2 aromatic rings. The van der Waals surface area contributed by atoms with Gasteiger partial charge in [-0.2, -0.15) is 0 Å². The van der Waals surface area contributed by atoms with Crippen LogP contribution >= 0.6 is 0 Å². The average molecular weight is 472 g/mol. The Kier molecular flexibility index (Phi) is 10.7. The Labute approximate surface area is 204 Å². The third-order valence-corrected chi connectivity index (χ3v) is 6.20. The van der Waals surface area contributed by atoms with Crippen LogP contribution in [-0.2, 0) is 4.79 Å². The molecule has 0 aliphatic carbocycles. The molecule has 0 amide bonds. The van der Waals surface area contributed by atoms with Crippen LogP contribution in [0.15, 0.2) is 30.3 Å². The minimum atomic E-state index is -0.349. The van der Waals surface area contributed by atoms with Gasteiger partial charge in [0.05, 0.1) is 20.8 Å². The van der Waals surface area contributed by atoms with Crippen LogP contribution in [0.2, 0.25) is 0 Å². The molecule has 0 bridgehead atoms. The highest BCUT2D eigenvalue weighted by molar-refractivity contribution is 5.61. The molecule has 0 aromatic heterocycles. The smallest absolute Gasteiger partial charge is 0.130 e. The highest BCUT2D eigenvalue weighted by atomic mass is 16.5. The molecule has 1 heterocycles. The molecular formula is C28H41NO5. The molecule has 1 aliphatic heterocycles. The van der Waals surface area contributed by atoms with Crippen LogP contribution in [-0.4, -0.2) is 57.3 Å². The zero-order chi connectivity index (χ0) is 25.3. The lowest BCUT2D eigenvalue weighted by Gasteiger charge is -2.31. The minimum Gasteiger partial charge on any atom is -0.507 e. The molecule has 188 valence electrons. The Morgan fingerprint density at radius 1 is 1.09 bits per heavy atom. The number of hydrogen-bond acceptors (Lipinski definition) is 6. The first kappa shape index (κ1) is 27.5. The standard InChI is InChI=1S/C20H24O5.C8H17N/c1-5-25-18-10-14(7-6-13(18)2)16(8-9-21)20-17(22)11-15(23-3)12-19(20)24-4;1-7-4-8(2)6-9(3)5-7/h6-7,9-12,16,22H,5,8H2,1-4H3;7-8H,4-6H2,1-3H3. The summed E-state index contributed by atoms with van der Waals surface area (Å²) in [5.74, 6) is 3.24. The van der Waals surface area contributed by atoms with Gasteiger partial charge >= 0.3 is 0 Å². The highest BCUT2D eigenvalue weighted by Crippen LogP contribution is 2.43. The minimum absolute atomic E-state index is 0.0292. The van der Waals surface area contributed by atoms with E-state index in [4.69, 9.17) is 14.2 Å². The number of nitrogens with zero attached hydrogens (tertiary/aromatic N) is 1. The Bertz CT molecular complexity index is 904. The zero-order valence-corrected chi connectivity index (χ0v) is 21.8. The van der Waals surface area contributed by atoms with Crippen LogP contribution in [0.5, 0.6) is 23.0 Å². The summed E-state index contributed by atoms with van der Waals surface area (Å²) in [6, 6.07) is 9.02. The first-order chi connectivity index (χ1) is 16.2. The number of likely N-dealkylation sites (tertiary alicyclic amines) is 1. The number of phenolic OH excluding ortho intramolecular Hbond substituents is 1. The van der Waals surface area contributed by atoms with Crippen LogP contribution in [0.25, 0.3) is 0 Å². The number of aryl methyl sites for hydroxylation is 1. The van der Waals surface area contributed by atoms with Crippen LogP contribution in [0.4, 0.5) is 0 Å². The zero-order valence-electron chi connectivity index (χ0n) is 21.8. The maximum Gasteiger partial charge on any atom is 0.130 e. The van der Waals surface area contributed by atoms with Crippen molar-refractivity contribution < 1.29 is 24.1 Å². The molecule has 0 radical (unpaired) electrons. The molecule has 3 atom stereocenters. The van der Waals surface area contributed by atoms with Gasteiger partial charge in [0.15, 0.2) is 0 Å². The summed E-state index contributed by atoms with van der Waals surface area (Å²) in [5.41, 5.74) is 2.45. The molecular weight excluding hydrogens is 430 g/mol. The van der Waals surface area contributed by atoms with Crippen LogP contribution in [0.3, 0.4) is 0 Å². The van der Waals surface area contributed by atoms with E-state index in [0.29, 0.717) is 23.7 Å². The van der Waals surface area contributed by atoms with Crippen LogP contribution in [0.1, 0.15) is 56.2 Å². The van der Waals surface area contributed by atoms with E-state index in [1.165, 1.54) is 39.8 Å². The predicted molar refractivity (Wildman–Crippen MR) is 137 cm³/mol. The van der Waals surface area contributed by atoms with Gasteiger partial charge in [0.1, 0.15) is 29.3 Å². The normalized spacial score (nSPS) is 18.9. The van der Waals surface area contributed by atoms with Crippen molar-refractivity contribution in [2.75, 3.05) is 41.0 Å². The fourth-order valence-electron chi connectivity index (χ4n) is 4.86. The van der Waals surface area contributed by atoms with Gasteiger partial charge in [-0.25, -0.2) is 0 Å². The molecule has 0 spiro atoms. The number of ether oxygens (including phenoxy) is 3. The fourth-order valence-corrected chi connectivity index (χ4v) is 4.86. The van der Waals surface area contributed by atoms with E-state index in [1.54, 1.807) is 6.07 Å². The molecule has 1 saturated heterocycles. The van der Waals surface area contributed by atoms with Crippen molar-refractivity contribution in [3.8, 4) is 23.0 Å². The number of benzene rings is 2. The lowest BCUT2D eigenvalue weighted by atomic mass is 9.87. The van der Waals surface area contributed by atoms with Crippen molar-refractivity contribution >= 4 is 6.29 Å². The lowest BCUT2D eigenvalue weighted by Crippen LogP contribution is -2.35. The number of carbonyl (C=O) groups excluding carboxylic acids is 1. The average Bonchev–Trinajstić information content (AvgIpc) is 2.78. The van der Waals surface area contributed by atoms with E-state index in [1.807, 2.05) is 32.0 Å². The van der Waals surface area contributed by atoms with Crippen molar-refractivity contribution in [1.29, 1.82) is 0 Å². The second kappa shape index (κ2) is 13.2. The Morgan fingerprint density at radius 3 is 2.29 bits per heavy atom. The van der Waals surface area contributed by atoms with E-state index in [-0.39, 0.29) is 18.1 Å². The second-order valence-corrected chi connectivity index (χ2v) is 9.34. The van der Waals surface area contributed by atoms with Gasteiger partial charge in [0, 0.05) is 43.1 Å². The van der Waals surface area contributed by atoms with E-state index in [0.717, 1.165) is 35.0 Å². The predicted octanol–water partition coefficient (Wildman–Crippen LogP) is 5.43. The molecule has 2 aromatic carbocycles. The topological polar surface area (TPSA) is 68.2 Å². The summed E-state index contributed by atoms with van der Waals surface area (Å²) >= 11 is 0. The van der Waals surface area contributed by atoms with Crippen molar-refractivity contribution in [2.45, 2.75) is 46.5 Å². The Balaban J connectivity index is 0.000000379. The second-order valence-electron chi connectivity index (χ2n) is 9.34. The highest BCUT2D eigenvalue weighted by Gasteiger charge is 2.24. The summed E-state index contributed by atoms with van der Waals surface area (Å²) in [6.07, 6.45) is 2.48. The van der Waals surface area contributed by atoms with E-state index in [2.05, 4.69) is 25.8 Å². The number of aldehydes is 1. The fraction of sp³-hybridized carbons (Fsp3) is 0.536. The van der Waals surface area contributed by atoms with Crippen LogP contribution in [0, 0.1) is 18.8 Å². The largest absolute Gasteiger partial charge is 0.507 e. The molecule has 1 fully saturated rings. The van der Waals surface area contributed by atoms with Gasteiger partial charge < -0.3 is 29.0 Å². The van der Waals surface area contributed by atoms with Crippen molar-refractivity contribution in [1.82, 2.24) is 4.90 Å². The van der Waals surface area contributed by atoms with Gasteiger partial charge in [-0.1, -0.05) is 26.0 Å². The number of aromatic hydroxyl groups is 1. The first-order valence-corrected chi connectivity index (χ1v) is 12.0. The molecule has 3 unspecified atom stereocenters. The summed E-state index contributed by atoms with van der Waals surface area (Å²) in [4.78, 5) is 13.7. The third kappa shape index (κ3) is 7.39. The molecule has 34 heavy (non-hydrogen) atoms. The summed E-state index contributed by atoms with van der Waals surface area (Å²) in [7, 11) is 5.26. The molecule has 1 N–H and O–H groups in total. The van der Waals surface area contributed by atoms with Gasteiger partial charge in [-0.05, 0) is 56.3 Å². The number of carbonyl (C=O) groups is 1. The first-order valence-electron chi connectivity index (χ1n) is 12.0. The molecule has 1 aliphatic rings. The summed E-state index contributed by atoms with van der Waals surface area (Å²) < 4.78 is 16.3. The molecule has 0 saturated carbocycles. The van der Waals surface area contributed by atoms with Crippen molar-refractivity contribution in [3.63, 3.8) is 0 Å². The molecule has 6 nitrogen and oxygen atoms in total. The summed E-state index contributed by atoms with van der Waals surface area (Å²) in [6.45, 7) is 11.7. The van der Waals surface area contributed by atoms with Gasteiger partial charge in [0.2, 0.25) is 0 Å². The van der Waals surface area contributed by atoms with Gasteiger partial charge in [-0.3, -0.25) is 0 Å². The van der Waals surface area contributed by atoms with Crippen molar-refractivity contribution in [2.24, 2.45) is 11.8 Å². The Morgan fingerprint density at radius 2 is 1.76 bits per heavy atom. The monoisotopic (exact) mass is 471 g/mol. The summed E-state index contributed by atoms with van der Waals surface area (Å²) in [5, 5.41) is 10.5. The van der Waals surface area contributed by atoms with E-state index >= 15 is 0 Å². The third-order valence-electron chi connectivity index (χ3n) is 6.20. The Hall–Kier alpha value is -2.73. The van der Waals surface area contributed by atoms with Gasteiger partial charge in [0.25, 0.3) is 0 Å². The van der Waals surface area contributed by atoms with Gasteiger partial charge in [-0.15, -0.1) is 0 Å². The number of phenols is 1. The molecule has 6 heteroatoms. The number of rotatable bonds is 8. The number of methoxy groups -OCH3 is 2. The maximum atomic E-state index is 11.3. The van der Waals surface area contributed by atoms with E-state index < -0.39 is 0 Å². The van der Waals surface area contributed by atoms with Crippen LogP contribution < -0.4 is 14.2 Å². The SMILES string of the molecule is CC1CC(C)CN(C)C1.CCOc1cc(C(CC=O)c2c(O)cc(OC)cc2OC)ccc1C. The van der Waals surface area contributed by atoms with E-state index in [9.17, 15) is 9.90 Å². The van der Waals surface area contributed by atoms with Crippen molar-refractivity contribution in [3.05, 3.63) is 47.0 Å². The maximum absolute atomic E-state index is 11.3. The quantitative estimate of drug-likeness (QED) is 0.518.